The SMILES string of the molecule is CCCCCc1ccc(OCCNCC(=O)O)cc1. The molecule has 1 aromatic rings. The van der Waals surface area contributed by atoms with Crippen LogP contribution in [0.2, 0.25) is 0 Å². The number of carbonyl (C=O) groups is 1. The Hall–Kier alpha value is -1.55. The number of rotatable bonds is 10. The summed E-state index contributed by atoms with van der Waals surface area (Å²) in [5.41, 5.74) is 1.34. The minimum Gasteiger partial charge on any atom is -0.492 e. The van der Waals surface area contributed by atoms with E-state index in [2.05, 4.69) is 24.4 Å². The molecule has 0 spiro atoms. The van der Waals surface area contributed by atoms with Crippen LogP contribution < -0.4 is 10.1 Å². The van der Waals surface area contributed by atoms with Crippen molar-refractivity contribution in [3.8, 4) is 5.75 Å². The number of ether oxygens (including phenoxy) is 1. The van der Waals surface area contributed by atoms with E-state index in [9.17, 15) is 4.79 Å². The lowest BCUT2D eigenvalue weighted by atomic mass is 10.1. The fourth-order valence-electron chi connectivity index (χ4n) is 1.77. The monoisotopic (exact) mass is 265 g/mol. The van der Waals surface area contributed by atoms with Crippen molar-refractivity contribution >= 4 is 5.97 Å². The number of aryl methyl sites for hydroxylation is 1. The van der Waals surface area contributed by atoms with Gasteiger partial charge >= 0.3 is 5.97 Å². The van der Waals surface area contributed by atoms with Crippen LogP contribution in [0.4, 0.5) is 0 Å². The van der Waals surface area contributed by atoms with Crippen LogP contribution >= 0.6 is 0 Å². The maximum absolute atomic E-state index is 10.3. The topological polar surface area (TPSA) is 58.6 Å². The summed E-state index contributed by atoms with van der Waals surface area (Å²) in [7, 11) is 0. The second-order valence-corrected chi connectivity index (χ2v) is 4.52. The van der Waals surface area contributed by atoms with E-state index in [-0.39, 0.29) is 6.54 Å². The van der Waals surface area contributed by atoms with Gasteiger partial charge in [-0.05, 0) is 30.5 Å². The second kappa shape index (κ2) is 9.39. The van der Waals surface area contributed by atoms with Crippen LogP contribution in [0.25, 0.3) is 0 Å². The molecule has 0 heterocycles. The summed E-state index contributed by atoms with van der Waals surface area (Å²) in [6, 6.07) is 8.13. The smallest absolute Gasteiger partial charge is 0.317 e. The molecule has 0 bridgehead atoms. The van der Waals surface area contributed by atoms with Crippen molar-refractivity contribution in [3.05, 3.63) is 29.8 Å². The van der Waals surface area contributed by atoms with Crippen molar-refractivity contribution in [2.75, 3.05) is 19.7 Å². The van der Waals surface area contributed by atoms with E-state index in [0.717, 1.165) is 12.2 Å². The number of aliphatic carboxylic acids is 1. The summed E-state index contributed by atoms with van der Waals surface area (Å²) < 4.78 is 5.51. The summed E-state index contributed by atoms with van der Waals surface area (Å²) in [5.74, 6) is -0.0206. The minimum atomic E-state index is -0.851. The molecule has 1 rings (SSSR count). The Kier molecular flexibility index (Phi) is 7.66. The predicted octanol–water partition coefficient (Wildman–Crippen LogP) is 2.47. The average Bonchev–Trinajstić information content (AvgIpc) is 2.40. The van der Waals surface area contributed by atoms with Crippen molar-refractivity contribution < 1.29 is 14.6 Å². The Labute approximate surface area is 114 Å². The van der Waals surface area contributed by atoms with Gasteiger partial charge in [-0.2, -0.15) is 0 Å². The molecule has 0 aliphatic carbocycles. The van der Waals surface area contributed by atoms with E-state index < -0.39 is 5.97 Å². The zero-order valence-electron chi connectivity index (χ0n) is 11.5. The number of benzene rings is 1. The van der Waals surface area contributed by atoms with Crippen LogP contribution in [0.1, 0.15) is 31.7 Å². The third-order valence-corrected chi connectivity index (χ3v) is 2.82. The van der Waals surface area contributed by atoms with E-state index in [1.807, 2.05) is 12.1 Å². The first-order chi connectivity index (χ1) is 9.22. The molecule has 1 aromatic carbocycles. The lowest BCUT2D eigenvalue weighted by Crippen LogP contribution is -2.26. The Morgan fingerprint density at radius 3 is 2.63 bits per heavy atom. The summed E-state index contributed by atoms with van der Waals surface area (Å²) in [5, 5.41) is 11.2. The summed E-state index contributed by atoms with van der Waals surface area (Å²) in [6.07, 6.45) is 4.86. The van der Waals surface area contributed by atoms with Crippen LogP contribution in [0.15, 0.2) is 24.3 Å². The van der Waals surface area contributed by atoms with E-state index >= 15 is 0 Å². The molecule has 4 heteroatoms. The van der Waals surface area contributed by atoms with Crippen molar-refractivity contribution in [3.63, 3.8) is 0 Å². The number of carboxylic acid groups (broad SMARTS) is 1. The summed E-state index contributed by atoms with van der Waals surface area (Å²) in [4.78, 5) is 10.3. The van der Waals surface area contributed by atoms with Crippen LogP contribution in [-0.2, 0) is 11.2 Å². The molecule has 0 saturated heterocycles. The molecule has 0 fully saturated rings. The Bertz CT molecular complexity index is 362. The maximum atomic E-state index is 10.3. The predicted molar refractivity (Wildman–Crippen MR) is 75.7 cm³/mol. The van der Waals surface area contributed by atoms with Gasteiger partial charge in [0.1, 0.15) is 12.4 Å². The van der Waals surface area contributed by atoms with Crippen LogP contribution in [0, 0.1) is 0 Å². The molecule has 0 atom stereocenters. The lowest BCUT2D eigenvalue weighted by Gasteiger charge is -2.07. The van der Waals surface area contributed by atoms with Gasteiger partial charge in [-0.15, -0.1) is 0 Å². The third kappa shape index (κ3) is 7.47. The molecular weight excluding hydrogens is 242 g/mol. The van der Waals surface area contributed by atoms with E-state index in [0.29, 0.717) is 13.2 Å². The van der Waals surface area contributed by atoms with Gasteiger partial charge in [-0.3, -0.25) is 4.79 Å². The fraction of sp³-hybridized carbons (Fsp3) is 0.533. The van der Waals surface area contributed by atoms with Crippen molar-refractivity contribution in [2.24, 2.45) is 0 Å². The van der Waals surface area contributed by atoms with Gasteiger partial charge in [0.2, 0.25) is 0 Å². The molecule has 0 saturated carbocycles. The summed E-state index contributed by atoms with van der Waals surface area (Å²) >= 11 is 0. The largest absolute Gasteiger partial charge is 0.492 e. The van der Waals surface area contributed by atoms with E-state index in [1.165, 1.54) is 24.8 Å². The molecule has 0 aliphatic heterocycles. The highest BCUT2D eigenvalue weighted by atomic mass is 16.5. The fourth-order valence-corrected chi connectivity index (χ4v) is 1.77. The van der Waals surface area contributed by atoms with Crippen molar-refractivity contribution in [1.82, 2.24) is 5.32 Å². The highest BCUT2D eigenvalue weighted by Gasteiger charge is 1.97. The first kappa shape index (κ1) is 15.5. The van der Waals surface area contributed by atoms with E-state index in [4.69, 9.17) is 9.84 Å². The van der Waals surface area contributed by atoms with Gasteiger partial charge in [-0.1, -0.05) is 31.9 Å². The van der Waals surface area contributed by atoms with Gasteiger partial charge in [0, 0.05) is 6.54 Å². The maximum Gasteiger partial charge on any atom is 0.317 e. The first-order valence-corrected chi connectivity index (χ1v) is 6.86. The number of hydrogen-bond acceptors (Lipinski definition) is 3. The Morgan fingerprint density at radius 1 is 1.26 bits per heavy atom. The first-order valence-electron chi connectivity index (χ1n) is 6.86. The van der Waals surface area contributed by atoms with Gasteiger partial charge < -0.3 is 15.2 Å². The van der Waals surface area contributed by atoms with Crippen LogP contribution in [0.3, 0.4) is 0 Å². The van der Waals surface area contributed by atoms with Crippen LogP contribution in [0.5, 0.6) is 5.75 Å². The molecule has 0 unspecified atom stereocenters. The molecule has 2 N–H and O–H groups in total. The number of carboxylic acids is 1. The van der Waals surface area contributed by atoms with Gasteiger partial charge in [0.05, 0.1) is 6.54 Å². The highest BCUT2D eigenvalue weighted by molar-refractivity contribution is 5.68. The standard InChI is InChI=1S/C15H23NO3/c1-2-3-4-5-13-6-8-14(9-7-13)19-11-10-16-12-15(17)18/h6-9,16H,2-5,10-12H2,1H3,(H,17,18). The van der Waals surface area contributed by atoms with E-state index in [1.54, 1.807) is 0 Å². The van der Waals surface area contributed by atoms with Crippen molar-refractivity contribution in [2.45, 2.75) is 32.6 Å². The third-order valence-electron chi connectivity index (χ3n) is 2.82. The zero-order valence-corrected chi connectivity index (χ0v) is 11.5. The highest BCUT2D eigenvalue weighted by Crippen LogP contribution is 2.14. The normalized spacial score (nSPS) is 10.4. The number of hydrogen-bond donors (Lipinski definition) is 2. The quantitative estimate of drug-likeness (QED) is 0.638. The molecule has 0 radical (unpaired) electrons. The van der Waals surface area contributed by atoms with Gasteiger partial charge in [0.25, 0.3) is 0 Å². The summed E-state index contributed by atoms with van der Waals surface area (Å²) in [6.45, 7) is 3.18. The van der Waals surface area contributed by atoms with Gasteiger partial charge in [0.15, 0.2) is 0 Å². The number of nitrogens with one attached hydrogen (secondary N) is 1. The molecule has 0 amide bonds. The Morgan fingerprint density at radius 2 is 2.00 bits per heavy atom. The molecular formula is C15H23NO3. The second-order valence-electron chi connectivity index (χ2n) is 4.52. The molecule has 106 valence electrons. The van der Waals surface area contributed by atoms with Gasteiger partial charge in [-0.25, -0.2) is 0 Å². The van der Waals surface area contributed by atoms with Crippen molar-refractivity contribution in [1.29, 1.82) is 0 Å². The van der Waals surface area contributed by atoms with Crippen LogP contribution in [-0.4, -0.2) is 30.8 Å². The minimum absolute atomic E-state index is 0.0280. The molecule has 0 aromatic heterocycles. The molecule has 0 aliphatic rings. The zero-order chi connectivity index (χ0) is 13.9. The number of unbranched alkanes of at least 4 members (excludes halogenated alkanes) is 2. The Balaban J connectivity index is 2.18. The lowest BCUT2D eigenvalue weighted by molar-refractivity contribution is -0.135. The molecule has 4 nitrogen and oxygen atoms in total. The average molecular weight is 265 g/mol. The molecule has 19 heavy (non-hydrogen) atoms.